The number of hydrogen-bond donors (Lipinski definition) is 2. The van der Waals surface area contributed by atoms with Gasteiger partial charge in [0.2, 0.25) is 0 Å². The van der Waals surface area contributed by atoms with Crippen LogP contribution in [0.25, 0.3) is 0 Å². The van der Waals surface area contributed by atoms with Crippen molar-refractivity contribution in [3.8, 4) is 5.75 Å². The first-order chi connectivity index (χ1) is 6.70. The molecule has 4 nitrogen and oxygen atoms in total. The van der Waals surface area contributed by atoms with Crippen molar-refractivity contribution in [2.75, 3.05) is 20.7 Å². The third kappa shape index (κ3) is 2.21. The molecule has 2 N–H and O–H groups in total. The van der Waals surface area contributed by atoms with Crippen molar-refractivity contribution < 1.29 is 9.84 Å². The normalized spacial score (nSPS) is 12.6. The minimum atomic E-state index is -0.588. The molecule has 14 heavy (non-hydrogen) atoms. The summed E-state index contributed by atoms with van der Waals surface area (Å²) in [7, 11) is 3.40. The average Bonchev–Trinajstić information content (AvgIpc) is 2.18. The van der Waals surface area contributed by atoms with Crippen LogP contribution in [0, 0.1) is 6.92 Å². The Hall–Kier alpha value is -1.13. The van der Waals surface area contributed by atoms with Crippen LogP contribution in [0.5, 0.6) is 5.75 Å². The van der Waals surface area contributed by atoms with Crippen molar-refractivity contribution in [1.82, 2.24) is 10.3 Å². The van der Waals surface area contributed by atoms with Crippen molar-refractivity contribution in [2.24, 2.45) is 0 Å². The number of ether oxygens (including phenoxy) is 1. The molecule has 0 radical (unpaired) electrons. The van der Waals surface area contributed by atoms with Gasteiger partial charge in [-0.2, -0.15) is 0 Å². The molecule has 0 saturated carbocycles. The molecule has 1 atom stereocenters. The van der Waals surface area contributed by atoms with E-state index in [1.807, 2.05) is 6.92 Å². The Morgan fingerprint density at radius 1 is 1.64 bits per heavy atom. The van der Waals surface area contributed by atoms with Crippen LogP contribution in [-0.4, -0.2) is 30.8 Å². The maximum atomic E-state index is 9.74. The van der Waals surface area contributed by atoms with E-state index in [0.29, 0.717) is 12.2 Å². The molecule has 0 aromatic carbocycles. The summed E-state index contributed by atoms with van der Waals surface area (Å²) >= 11 is 0. The number of methoxy groups -OCH3 is 1. The van der Waals surface area contributed by atoms with E-state index >= 15 is 0 Å². The SMILES string of the molecule is CNCC(O)c1nccc(OC)c1C. The van der Waals surface area contributed by atoms with E-state index in [1.165, 1.54) is 0 Å². The maximum Gasteiger partial charge on any atom is 0.125 e. The Labute approximate surface area is 83.9 Å². The highest BCUT2D eigenvalue weighted by atomic mass is 16.5. The summed E-state index contributed by atoms with van der Waals surface area (Å²) in [5, 5.41) is 12.6. The van der Waals surface area contributed by atoms with E-state index in [-0.39, 0.29) is 0 Å². The molecule has 0 aliphatic rings. The van der Waals surface area contributed by atoms with Crippen LogP contribution in [0.2, 0.25) is 0 Å². The van der Waals surface area contributed by atoms with E-state index in [4.69, 9.17) is 4.74 Å². The van der Waals surface area contributed by atoms with Gasteiger partial charge in [0.1, 0.15) is 11.9 Å². The number of rotatable bonds is 4. The first kappa shape index (κ1) is 10.9. The minimum absolute atomic E-state index is 0.487. The number of pyridine rings is 1. The second kappa shape index (κ2) is 4.93. The number of aromatic nitrogens is 1. The lowest BCUT2D eigenvalue weighted by Crippen LogP contribution is -2.18. The van der Waals surface area contributed by atoms with Crippen LogP contribution in [0.4, 0.5) is 0 Å². The summed E-state index contributed by atoms with van der Waals surface area (Å²) in [5.74, 6) is 0.755. The molecule has 4 heteroatoms. The van der Waals surface area contributed by atoms with Crippen molar-refractivity contribution in [1.29, 1.82) is 0 Å². The standard InChI is InChI=1S/C10H16N2O2/c1-7-9(14-3)4-5-12-10(7)8(13)6-11-2/h4-5,8,11,13H,6H2,1-3H3. The number of nitrogens with one attached hydrogen (secondary N) is 1. The van der Waals surface area contributed by atoms with Crippen molar-refractivity contribution >= 4 is 0 Å². The number of hydrogen-bond acceptors (Lipinski definition) is 4. The van der Waals surface area contributed by atoms with Crippen molar-refractivity contribution in [3.05, 3.63) is 23.5 Å². The van der Waals surface area contributed by atoms with Gasteiger partial charge >= 0.3 is 0 Å². The Morgan fingerprint density at radius 2 is 2.36 bits per heavy atom. The Morgan fingerprint density at radius 3 is 2.93 bits per heavy atom. The molecule has 0 amide bonds. The molecule has 1 aromatic heterocycles. The summed E-state index contributed by atoms with van der Waals surface area (Å²) in [5.41, 5.74) is 1.55. The lowest BCUT2D eigenvalue weighted by Gasteiger charge is -2.13. The zero-order chi connectivity index (χ0) is 10.6. The van der Waals surface area contributed by atoms with Crippen LogP contribution in [0.15, 0.2) is 12.3 Å². The lowest BCUT2D eigenvalue weighted by molar-refractivity contribution is 0.171. The Bertz CT molecular complexity index is 302. The van der Waals surface area contributed by atoms with E-state index in [1.54, 1.807) is 26.4 Å². The van der Waals surface area contributed by atoms with Crippen LogP contribution < -0.4 is 10.1 Å². The predicted molar refractivity (Wildman–Crippen MR) is 54.4 cm³/mol. The topological polar surface area (TPSA) is 54.4 Å². The van der Waals surface area contributed by atoms with Gasteiger partial charge < -0.3 is 15.2 Å². The summed E-state index contributed by atoms with van der Waals surface area (Å²) < 4.78 is 5.14. The van der Waals surface area contributed by atoms with Crippen LogP contribution in [-0.2, 0) is 0 Å². The molecular weight excluding hydrogens is 180 g/mol. The third-order valence-corrected chi connectivity index (χ3v) is 2.13. The maximum absolute atomic E-state index is 9.74. The third-order valence-electron chi connectivity index (χ3n) is 2.13. The second-order valence-corrected chi connectivity index (χ2v) is 3.10. The van der Waals surface area contributed by atoms with Gasteiger partial charge in [-0.15, -0.1) is 0 Å². The molecule has 1 heterocycles. The summed E-state index contributed by atoms with van der Waals surface area (Å²) in [6, 6.07) is 1.78. The molecule has 78 valence electrons. The first-order valence-corrected chi connectivity index (χ1v) is 4.52. The molecule has 1 unspecified atom stereocenters. The number of aliphatic hydroxyl groups excluding tert-OH is 1. The zero-order valence-electron chi connectivity index (χ0n) is 8.74. The highest BCUT2D eigenvalue weighted by Gasteiger charge is 2.13. The average molecular weight is 196 g/mol. The fourth-order valence-corrected chi connectivity index (χ4v) is 1.38. The van der Waals surface area contributed by atoms with E-state index in [0.717, 1.165) is 11.3 Å². The summed E-state index contributed by atoms with van der Waals surface area (Å²) in [4.78, 5) is 4.14. The number of likely N-dealkylation sites (N-methyl/N-ethyl adjacent to an activating group) is 1. The van der Waals surface area contributed by atoms with Crippen LogP contribution >= 0.6 is 0 Å². The fraction of sp³-hybridized carbons (Fsp3) is 0.500. The number of nitrogens with zero attached hydrogens (tertiary/aromatic N) is 1. The van der Waals surface area contributed by atoms with E-state index in [9.17, 15) is 5.11 Å². The fourth-order valence-electron chi connectivity index (χ4n) is 1.38. The van der Waals surface area contributed by atoms with Gasteiger partial charge in [0.15, 0.2) is 0 Å². The molecule has 0 bridgehead atoms. The van der Waals surface area contributed by atoms with Crippen molar-refractivity contribution in [2.45, 2.75) is 13.0 Å². The highest BCUT2D eigenvalue weighted by Crippen LogP contribution is 2.23. The largest absolute Gasteiger partial charge is 0.496 e. The molecule has 0 spiro atoms. The highest BCUT2D eigenvalue weighted by molar-refractivity contribution is 5.35. The molecule has 0 aliphatic carbocycles. The minimum Gasteiger partial charge on any atom is -0.496 e. The van der Waals surface area contributed by atoms with Crippen LogP contribution in [0.3, 0.4) is 0 Å². The molecule has 1 rings (SSSR count). The quantitative estimate of drug-likeness (QED) is 0.742. The molecule has 0 fully saturated rings. The zero-order valence-corrected chi connectivity index (χ0v) is 8.74. The lowest BCUT2D eigenvalue weighted by atomic mass is 10.1. The van der Waals surface area contributed by atoms with Crippen molar-refractivity contribution in [3.63, 3.8) is 0 Å². The molecular formula is C10H16N2O2. The summed E-state index contributed by atoms with van der Waals surface area (Å²) in [6.45, 7) is 2.38. The second-order valence-electron chi connectivity index (χ2n) is 3.10. The van der Waals surface area contributed by atoms with Gasteiger partial charge in [0.25, 0.3) is 0 Å². The Kier molecular flexibility index (Phi) is 3.85. The van der Waals surface area contributed by atoms with E-state index < -0.39 is 6.10 Å². The molecule has 0 aliphatic heterocycles. The predicted octanol–water partition coefficient (Wildman–Crippen LogP) is 0.651. The Balaban J connectivity index is 2.96. The van der Waals surface area contributed by atoms with E-state index in [2.05, 4.69) is 10.3 Å². The van der Waals surface area contributed by atoms with Gasteiger partial charge in [-0.1, -0.05) is 0 Å². The van der Waals surface area contributed by atoms with Gasteiger partial charge in [-0.3, -0.25) is 4.98 Å². The summed E-state index contributed by atoms with van der Waals surface area (Å²) in [6.07, 6.45) is 1.05. The molecule has 0 saturated heterocycles. The monoisotopic (exact) mass is 196 g/mol. The first-order valence-electron chi connectivity index (χ1n) is 4.52. The van der Waals surface area contributed by atoms with Gasteiger partial charge in [0.05, 0.1) is 12.8 Å². The number of aliphatic hydroxyl groups is 1. The van der Waals surface area contributed by atoms with Crippen LogP contribution in [0.1, 0.15) is 17.4 Å². The van der Waals surface area contributed by atoms with Gasteiger partial charge in [0, 0.05) is 18.3 Å². The van der Waals surface area contributed by atoms with Gasteiger partial charge in [-0.05, 0) is 20.0 Å². The van der Waals surface area contributed by atoms with Gasteiger partial charge in [-0.25, -0.2) is 0 Å². The molecule has 1 aromatic rings. The smallest absolute Gasteiger partial charge is 0.125 e.